The third-order valence-corrected chi connectivity index (χ3v) is 10.4. The van der Waals surface area contributed by atoms with Gasteiger partial charge in [0.15, 0.2) is 0 Å². The van der Waals surface area contributed by atoms with Gasteiger partial charge < -0.3 is 14.9 Å². The molecule has 9 nitrogen and oxygen atoms in total. The molecule has 0 aliphatic carbocycles. The Morgan fingerprint density at radius 3 is 2.58 bits per heavy atom. The van der Waals surface area contributed by atoms with Crippen LogP contribution in [0.5, 0.6) is 0 Å². The van der Waals surface area contributed by atoms with E-state index in [0.29, 0.717) is 68.0 Å². The molecule has 0 amide bonds. The van der Waals surface area contributed by atoms with Gasteiger partial charge in [0.2, 0.25) is 10.0 Å². The van der Waals surface area contributed by atoms with E-state index in [1.54, 1.807) is 11.0 Å². The number of halogens is 4. The van der Waals surface area contributed by atoms with Crippen LogP contribution in [0.4, 0.5) is 17.6 Å². The summed E-state index contributed by atoms with van der Waals surface area (Å²) in [5, 5.41) is 15.6. The Bertz CT molecular complexity index is 1410. The average Bonchev–Trinajstić information content (AvgIpc) is 3.31. The summed E-state index contributed by atoms with van der Waals surface area (Å²) in [4.78, 5) is 8.32. The number of sulfonamides is 1. The minimum absolute atomic E-state index is 0.0480. The lowest BCUT2D eigenvalue weighted by Crippen LogP contribution is -2.38. The molecule has 1 fully saturated rings. The number of β-amino-alcohol motifs (C(OH)–C–C–N with tert-alkyl or cyclic N) is 1. The number of fused-ring (bicyclic) bond motifs is 1. The van der Waals surface area contributed by atoms with Crippen molar-refractivity contribution >= 4 is 28.1 Å². The number of aliphatic hydroxyl groups excluding tert-OH is 1. The van der Waals surface area contributed by atoms with Crippen LogP contribution in [-0.2, 0) is 35.7 Å². The molecular weight excluding hydrogens is 608 g/mol. The van der Waals surface area contributed by atoms with E-state index in [2.05, 4.69) is 9.89 Å². The molecule has 0 bridgehead atoms. The van der Waals surface area contributed by atoms with Gasteiger partial charge in [0, 0.05) is 86.2 Å². The van der Waals surface area contributed by atoms with Crippen LogP contribution in [0.15, 0.2) is 28.1 Å². The van der Waals surface area contributed by atoms with Gasteiger partial charge in [-0.2, -0.15) is 22.6 Å². The number of likely N-dealkylation sites (tertiary alicyclic amines) is 1. The first-order chi connectivity index (χ1) is 20.4. The van der Waals surface area contributed by atoms with Gasteiger partial charge in [0.1, 0.15) is 6.17 Å². The van der Waals surface area contributed by atoms with Crippen molar-refractivity contribution in [1.29, 1.82) is 0 Å². The van der Waals surface area contributed by atoms with E-state index in [1.807, 2.05) is 4.90 Å². The number of aliphatic hydroxyl groups is 1. The second-order valence-electron chi connectivity index (χ2n) is 11.4. The summed E-state index contributed by atoms with van der Waals surface area (Å²) in [6, 6.07) is 3.92. The van der Waals surface area contributed by atoms with E-state index < -0.39 is 34.0 Å². The highest BCUT2D eigenvalue weighted by atomic mass is 32.2. The number of aliphatic imine (C=N–C) groups is 1. The Balaban J connectivity index is 1.43. The van der Waals surface area contributed by atoms with Gasteiger partial charge in [-0.05, 0) is 31.4 Å². The molecule has 238 valence electrons. The highest BCUT2D eigenvalue weighted by Crippen LogP contribution is 2.40. The predicted octanol–water partition coefficient (Wildman–Crippen LogP) is 3.51. The minimum atomic E-state index is -4.55. The molecule has 1 atom stereocenters. The number of piperidine rings is 1. The first kappa shape index (κ1) is 32.2. The van der Waals surface area contributed by atoms with Gasteiger partial charge in [-0.3, -0.25) is 9.67 Å². The number of hydrogen-bond donors (Lipinski definition) is 1. The number of alkyl halides is 4. The standard InChI is InChI=1S/C28H38F4N6O3S2/c1-43(40,41)37-12-7-25-23(18-37)27(34-38(25)17-22(39)16-36-9-2-8-33-19-36)20-3-4-24(28(30,31)32)26(15-20)42-14-13-35-10-5-21(29)6-11-35/h3-4,15,19,21-22,39H,2,5-14,16-18H2,1H3/t22-/m0/s1. The maximum absolute atomic E-state index is 14.0. The third kappa shape index (κ3) is 8.10. The zero-order valence-corrected chi connectivity index (χ0v) is 25.8. The van der Waals surface area contributed by atoms with Crippen molar-refractivity contribution < 1.29 is 31.1 Å². The van der Waals surface area contributed by atoms with E-state index in [9.17, 15) is 31.1 Å². The summed E-state index contributed by atoms with van der Waals surface area (Å²) >= 11 is 1.10. The maximum Gasteiger partial charge on any atom is 0.417 e. The summed E-state index contributed by atoms with van der Waals surface area (Å²) in [6.45, 7) is 4.07. The fourth-order valence-corrected chi connectivity index (χ4v) is 7.73. The van der Waals surface area contributed by atoms with E-state index in [1.165, 1.54) is 16.4 Å². The van der Waals surface area contributed by atoms with Crippen molar-refractivity contribution in [2.24, 2.45) is 4.99 Å². The van der Waals surface area contributed by atoms with Crippen LogP contribution in [0.1, 0.15) is 36.1 Å². The van der Waals surface area contributed by atoms with Crippen LogP contribution in [0.2, 0.25) is 0 Å². The molecule has 1 N–H and O–H groups in total. The van der Waals surface area contributed by atoms with E-state index >= 15 is 0 Å². The molecule has 3 aliphatic heterocycles. The van der Waals surface area contributed by atoms with Crippen LogP contribution in [0.25, 0.3) is 11.3 Å². The molecule has 1 aromatic heterocycles. The molecule has 3 aliphatic rings. The fourth-order valence-electron chi connectivity index (χ4n) is 5.83. The summed E-state index contributed by atoms with van der Waals surface area (Å²) in [5.41, 5.74) is 1.53. The quantitative estimate of drug-likeness (QED) is 0.312. The lowest BCUT2D eigenvalue weighted by atomic mass is 10.0. The van der Waals surface area contributed by atoms with Crippen molar-refractivity contribution in [3.63, 3.8) is 0 Å². The molecule has 4 heterocycles. The van der Waals surface area contributed by atoms with E-state index in [0.717, 1.165) is 49.3 Å². The molecule has 0 saturated carbocycles. The van der Waals surface area contributed by atoms with Crippen LogP contribution in [0.3, 0.4) is 0 Å². The summed E-state index contributed by atoms with van der Waals surface area (Å²) in [6.07, 6.45) is -1.15. The number of thioether (sulfide) groups is 1. The number of rotatable bonds is 10. The van der Waals surface area contributed by atoms with Gasteiger partial charge in [-0.1, -0.05) is 6.07 Å². The van der Waals surface area contributed by atoms with Crippen molar-refractivity contribution in [3.8, 4) is 11.3 Å². The second kappa shape index (κ2) is 13.4. The SMILES string of the molecule is CS(=O)(=O)N1CCc2c(c(-c3ccc(C(F)(F)F)c(SCCN4CCC(F)CC4)c3)nn2C[C@@H](O)CN2C=NCCC2)C1. The Kier molecular flexibility index (Phi) is 10.1. The van der Waals surface area contributed by atoms with Crippen molar-refractivity contribution in [3.05, 3.63) is 35.0 Å². The van der Waals surface area contributed by atoms with Crippen molar-refractivity contribution in [1.82, 2.24) is 23.9 Å². The van der Waals surface area contributed by atoms with Gasteiger partial charge in [0.05, 0.1) is 36.5 Å². The summed E-state index contributed by atoms with van der Waals surface area (Å²) < 4.78 is 83.4. The topological polar surface area (TPSA) is 94.3 Å². The van der Waals surface area contributed by atoms with Crippen molar-refractivity contribution in [2.45, 2.75) is 62.1 Å². The number of hydrogen-bond acceptors (Lipinski definition) is 8. The largest absolute Gasteiger partial charge is 0.417 e. The molecule has 0 unspecified atom stereocenters. The Hall–Kier alpha value is -2.20. The van der Waals surface area contributed by atoms with E-state index in [-0.39, 0.29) is 24.5 Å². The lowest BCUT2D eigenvalue weighted by Gasteiger charge is -2.28. The van der Waals surface area contributed by atoms with Gasteiger partial charge in [-0.15, -0.1) is 11.8 Å². The Morgan fingerprint density at radius 1 is 1.14 bits per heavy atom. The first-order valence-electron chi connectivity index (χ1n) is 14.5. The first-order valence-corrected chi connectivity index (χ1v) is 17.4. The normalized spacial score (nSPS) is 20.0. The van der Waals surface area contributed by atoms with E-state index in [4.69, 9.17) is 5.10 Å². The fraction of sp³-hybridized carbons (Fsp3) is 0.643. The van der Waals surface area contributed by atoms with Crippen LogP contribution >= 0.6 is 11.8 Å². The molecule has 1 aromatic carbocycles. The van der Waals surface area contributed by atoms with Gasteiger partial charge in [0.25, 0.3) is 0 Å². The van der Waals surface area contributed by atoms with Crippen molar-refractivity contribution in [2.75, 3.05) is 57.8 Å². The average molecular weight is 647 g/mol. The number of aromatic nitrogens is 2. The number of benzene rings is 1. The van der Waals surface area contributed by atoms with Gasteiger partial charge in [-0.25, -0.2) is 12.8 Å². The predicted molar refractivity (Wildman–Crippen MR) is 158 cm³/mol. The molecule has 2 aromatic rings. The third-order valence-electron chi connectivity index (χ3n) is 8.12. The van der Waals surface area contributed by atoms with Crippen LogP contribution in [0, 0.1) is 0 Å². The Labute approximate surface area is 254 Å². The highest BCUT2D eigenvalue weighted by Gasteiger charge is 2.35. The zero-order valence-electron chi connectivity index (χ0n) is 24.1. The minimum Gasteiger partial charge on any atom is -0.389 e. The second-order valence-corrected chi connectivity index (χ2v) is 14.5. The Morgan fingerprint density at radius 2 is 1.91 bits per heavy atom. The maximum atomic E-state index is 14.0. The molecule has 0 radical (unpaired) electrons. The number of nitrogens with zero attached hydrogens (tertiary/aromatic N) is 6. The van der Waals surface area contributed by atoms with Crippen LogP contribution < -0.4 is 0 Å². The molecule has 5 rings (SSSR count). The molecule has 0 spiro atoms. The summed E-state index contributed by atoms with van der Waals surface area (Å²) in [5.74, 6) is 0.407. The lowest BCUT2D eigenvalue weighted by molar-refractivity contribution is -0.139. The highest BCUT2D eigenvalue weighted by molar-refractivity contribution is 7.99. The molecule has 43 heavy (non-hydrogen) atoms. The molecular formula is C28H38F4N6O3S2. The summed E-state index contributed by atoms with van der Waals surface area (Å²) in [7, 11) is -3.52. The van der Waals surface area contributed by atoms with Gasteiger partial charge >= 0.3 is 6.18 Å². The van der Waals surface area contributed by atoms with Crippen LogP contribution in [-0.4, -0.2) is 114 Å². The smallest absolute Gasteiger partial charge is 0.389 e. The molecule has 1 saturated heterocycles. The monoisotopic (exact) mass is 646 g/mol. The molecule has 15 heteroatoms. The zero-order chi connectivity index (χ0) is 30.8.